The van der Waals surface area contributed by atoms with Gasteiger partial charge in [0.2, 0.25) is 0 Å². The number of urea groups is 1. The monoisotopic (exact) mass is 311 g/mol. The van der Waals surface area contributed by atoms with Gasteiger partial charge in [0.05, 0.1) is 18.1 Å². The van der Waals surface area contributed by atoms with E-state index in [1.807, 2.05) is 6.07 Å². The predicted molar refractivity (Wildman–Crippen MR) is 69.3 cm³/mol. The summed E-state index contributed by atoms with van der Waals surface area (Å²) in [5, 5.41) is 11.0. The fourth-order valence-electron chi connectivity index (χ4n) is 2.25. The summed E-state index contributed by atoms with van der Waals surface area (Å²) in [6.45, 7) is 1.36. The SMILES string of the molecule is CC1(c2ccc(C(F)(F)F)cc2)NC(=O)N(CCC#N)C1=O. The van der Waals surface area contributed by atoms with Gasteiger partial charge in [-0.1, -0.05) is 12.1 Å². The number of carbonyl (C=O) groups excluding carboxylic acids is 2. The van der Waals surface area contributed by atoms with Crippen LogP contribution in [0.2, 0.25) is 0 Å². The van der Waals surface area contributed by atoms with Crippen LogP contribution in [0.3, 0.4) is 0 Å². The zero-order valence-electron chi connectivity index (χ0n) is 11.6. The first kappa shape index (κ1) is 15.8. The average Bonchev–Trinajstić information content (AvgIpc) is 2.67. The van der Waals surface area contributed by atoms with Crippen molar-refractivity contribution >= 4 is 11.9 Å². The van der Waals surface area contributed by atoms with Gasteiger partial charge in [0.1, 0.15) is 5.54 Å². The molecular formula is C14H12F3N3O2. The molecule has 22 heavy (non-hydrogen) atoms. The molecule has 1 atom stereocenters. The Balaban J connectivity index is 2.30. The van der Waals surface area contributed by atoms with Crippen molar-refractivity contribution in [3.63, 3.8) is 0 Å². The topological polar surface area (TPSA) is 73.2 Å². The van der Waals surface area contributed by atoms with Crippen LogP contribution in [-0.4, -0.2) is 23.4 Å². The minimum Gasteiger partial charge on any atom is -0.319 e. The van der Waals surface area contributed by atoms with Gasteiger partial charge in [-0.3, -0.25) is 9.69 Å². The van der Waals surface area contributed by atoms with E-state index in [9.17, 15) is 22.8 Å². The maximum atomic E-state index is 12.6. The zero-order chi connectivity index (χ0) is 16.5. The highest BCUT2D eigenvalue weighted by atomic mass is 19.4. The van der Waals surface area contributed by atoms with E-state index in [1.165, 1.54) is 6.92 Å². The van der Waals surface area contributed by atoms with Crippen LogP contribution in [0.25, 0.3) is 0 Å². The van der Waals surface area contributed by atoms with Crippen LogP contribution in [0.1, 0.15) is 24.5 Å². The number of imide groups is 1. The van der Waals surface area contributed by atoms with Gasteiger partial charge in [-0.05, 0) is 24.6 Å². The summed E-state index contributed by atoms with van der Waals surface area (Å²) in [5.74, 6) is -0.590. The van der Waals surface area contributed by atoms with Gasteiger partial charge in [-0.25, -0.2) is 4.79 Å². The van der Waals surface area contributed by atoms with E-state index in [2.05, 4.69) is 5.32 Å². The Morgan fingerprint density at radius 2 is 1.86 bits per heavy atom. The number of nitrogens with one attached hydrogen (secondary N) is 1. The molecule has 1 aliphatic heterocycles. The van der Waals surface area contributed by atoms with Gasteiger partial charge < -0.3 is 5.32 Å². The van der Waals surface area contributed by atoms with Gasteiger partial charge in [-0.2, -0.15) is 18.4 Å². The summed E-state index contributed by atoms with van der Waals surface area (Å²) in [6, 6.07) is 5.20. The second-order valence-corrected chi connectivity index (χ2v) is 5.00. The highest BCUT2D eigenvalue weighted by Crippen LogP contribution is 2.33. The molecule has 0 radical (unpaired) electrons. The van der Waals surface area contributed by atoms with Crippen LogP contribution in [0.4, 0.5) is 18.0 Å². The quantitative estimate of drug-likeness (QED) is 0.871. The van der Waals surface area contributed by atoms with Gasteiger partial charge >= 0.3 is 12.2 Å². The summed E-state index contributed by atoms with van der Waals surface area (Å²) in [5.41, 5.74) is -2.02. The molecule has 1 unspecified atom stereocenters. The summed E-state index contributed by atoms with van der Waals surface area (Å²) in [6.07, 6.45) is -4.48. The lowest BCUT2D eigenvalue weighted by molar-refractivity contribution is -0.137. The Morgan fingerprint density at radius 3 is 2.36 bits per heavy atom. The van der Waals surface area contributed by atoms with Crippen LogP contribution in [-0.2, 0) is 16.5 Å². The third kappa shape index (κ3) is 2.62. The van der Waals surface area contributed by atoms with Crippen LogP contribution in [0.15, 0.2) is 24.3 Å². The third-order valence-electron chi connectivity index (χ3n) is 3.51. The minimum atomic E-state index is -4.47. The van der Waals surface area contributed by atoms with E-state index in [4.69, 9.17) is 5.26 Å². The molecule has 0 aromatic heterocycles. The first-order chi connectivity index (χ1) is 10.2. The molecule has 116 valence electrons. The lowest BCUT2D eigenvalue weighted by atomic mass is 9.91. The lowest BCUT2D eigenvalue weighted by Gasteiger charge is -2.22. The van der Waals surface area contributed by atoms with E-state index in [1.54, 1.807) is 0 Å². The van der Waals surface area contributed by atoms with E-state index in [-0.39, 0.29) is 18.5 Å². The number of carbonyl (C=O) groups is 2. The molecule has 1 aromatic carbocycles. The number of amides is 3. The molecule has 0 aliphatic carbocycles. The second kappa shape index (κ2) is 5.33. The molecule has 0 saturated carbocycles. The Kier molecular flexibility index (Phi) is 3.83. The van der Waals surface area contributed by atoms with Gasteiger partial charge in [0.25, 0.3) is 5.91 Å². The second-order valence-electron chi connectivity index (χ2n) is 5.00. The Bertz CT molecular complexity index is 649. The van der Waals surface area contributed by atoms with Crippen molar-refractivity contribution in [3.05, 3.63) is 35.4 Å². The van der Waals surface area contributed by atoms with Gasteiger partial charge in [0, 0.05) is 6.54 Å². The smallest absolute Gasteiger partial charge is 0.319 e. The first-order valence-electron chi connectivity index (χ1n) is 6.39. The van der Waals surface area contributed by atoms with Crippen molar-refractivity contribution < 1.29 is 22.8 Å². The Labute approximate surface area is 124 Å². The van der Waals surface area contributed by atoms with Gasteiger partial charge in [-0.15, -0.1) is 0 Å². The standard InChI is InChI=1S/C14H12F3N3O2/c1-13(9-3-5-10(6-4-9)14(15,16)17)11(21)20(8-2-7-18)12(22)19-13/h3-6H,2,8H2,1H3,(H,19,22). The molecule has 0 spiro atoms. The number of rotatable bonds is 3. The maximum Gasteiger partial charge on any atom is 0.416 e. The molecule has 1 heterocycles. The molecule has 8 heteroatoms. The molecule has 0 bridgehead atoms. The lowest BCUT2D eigenvalue weighted by Crippen LogP contribution is -2.41. The molecule has 1 fully saturated rings. The molecule has 3 amide bonds. The normalized spacial score (nSPS) is 21.7. The van der Waals surface area contributed by atoms with E-state index in [0.717, 1.165) is 29.2 Å². The number of alkyl halides is 3. The molecule has 1 N–H and O–H groups in total. The molecule has 1 aromatic rings. The predicted octanol–water partition coefficient (Wildman–Crippen LogP) is 2.39. The number of halogens is 3. The highest BCUT2D eigenvalue weighted by molar-refractivity contribution is 6.07. The van der Waals surface area contributed by atoms with Crippen molar-refractivity contribution in [2.45, 2.75) is 25.1 Å². The maximum absolute atomic E-state index is 12.6. The van der Waals surface area contributed by atoms with Crippen molar-refractivity contribution in [3.8, 4) is 6.07 Å². The summed E-state index contributed by atoms with van der Waals surface area (Å²) < 4.78 is 37.7. The number of hydrogen-bond donors (Lipinski definition) is 1. The number of nitrogens with zero attached hydrogens (tertiary/aromatic N) is 2. The number of benzene rings is 1. The summed E-state index contributed by atoms with van der Waals surface area (Å²) in [7, 11) is 0. The Morgan fingerprint density at radius 1 is 1.27 bits per heavy atom. The zero-order valence-corrected chi connectivity index (χ0v) is 11.6. The fraction of sp³-hybridized carbons (Fsp3) is 0.357. The van der Waals surface area contributed by atoms with Crippen LogP contribution in [0, 0.1) is 11.3 Å². The molecule has 5 nitrogen and oxygen atoms in total. The molecule has 1 saturated heterocycles. The van der Waals surface area contributed by atoms with E-state index >= 15 is 0 Å². The van der Waals surface area contributed by atoms with Crippen molar-refractivity contribution in [2.75, 3.05) is 6.54 Å². The van der Waals surface area contributed by atoms with Crippen LogP contribution in [0.5, 0.6) is 0 Å². The molecular weight excluding hydrogens is 299 g/mol. The minimum absolute atomic E-state index is 0.0117. The first-order valence-corrected chi connectivity index (χ1v) is 6.39. The van der Waals surface area contributed by atoms with Crippen LogP contribution >= 0.6 is 0 Å². The average molecular weight is 311 g/mol. The van der Waals surface area contributed by atoms with Crippen molar-refractivity contribution in [1.29, 1.82) is 5.26 Å². The fourth-order valence-corrected chi connectivity index (χ4v) is 2.25. The van der Waals surface area contributed by atoms with E-state index < -0.39 is 29.2 Å². The molecule has 1 aliphatic rings. The van der Waals surface area contributed by atoms with Gasteiger partial charge in [0.15, 0.2) is 0 Å². The Hall–Kier alpha value is -2.56. The van der Waals surface area contributed by atoms with Crippen LogP contribution < -0.4 is 5.32 Å². The number of hydrogen-bond acceptors (Lipinski definition) is 3. The highest BCUT2D eigenvalue weighted by Gasteiger charge is 2.48. The third-order valence-corrected chi connectivity index (χ3v) is 3.51. The number of nitriles is 1. The summed E-state index contributed by atoms with van der Waals surface area (Å²) in [4.78, 5) is 25.0. The van der Waals surface area contributed by atoms with Crippen molar-refractivity contribution in [1.82, 2.24) is 10.2 Å². The van der Waals surface area contributed by atoms with E-state index in [0.29, 0.717) is 0 Å². The van der Waals surface area contributed by atoms with Crippen molar-refractivity contribution in [2.24, 2.45) is 0 Å². The summed E-state index contributed by atoms with van der Waals surface area (Å²) >= 11 is 0. The molecule has 2 rings (SSSR count). The largest absolute Gasteiger partial charge is 0.416 e.